The van der Waals surface area contributed by atoms with Crippen molar-refractivity contribution in [2.45, 2.75) is 26.0 Å². The first-order chi connectivity index (χ1) is 9.65. The van der Waals surface area contributed by atoms with Crippen molar-refractivity contribution in [2.24, 2.45) is 0 Å². The summed E-state index contributed by atoms with van der Waals surface area (Å²) in [5, 5.41) is 3.35. The molecule has 0 amide bonds. The summed E-state index contributed by atoms with van der Waals surface area (Å²) in [4.78, 5) is 0. The summed E-state index contributed by atoms with van der Waals surface area (Å²) in [5.41, 5.74) is 1.02. The van der Waals surface area contributed by atoms with Crippen molar-refractivity contribution < 1.29 is 17.9 Å². The monoisotopic (exact) mass is 281 g/mol. The summed E-state index contributed by atoms with van der Waals surface area (Å²) >= 11 is 0. The van der Waals surface area contributed by atoms with Crippen molar-refractivity contribution in [3.63, 3.8) is 0 Å². The second-order valence-electron chi connectivity index (χ2n) is 4.45. The quantitative estimate of drug-likeness (QED) is 0.838. The Morgan fingerprint density at radius 1 is 1.20 bits per heavy atom. The molecule has 5 heteroatoms. The summed E-state index contributed by atoms with van der Waals surface area (Å²) in [5.74, 6) is 1.11. The Balaban J connectivity index is 1.81. The van der Waals surface area contributed by atoms with Crippen LogP contribution in [-0.2, 0) is 6.42 Å². The summed E-state index contributed by atoms with van der Waals surface area (Å²) in [7, 11) is 0. The van der Waals surface area contributed by atoms with Gasteiger partial charge in [0.25, 0.3) is 0 Å². The van der Waals surface area contributed by atoms with E-state index >= 15 is 0 Å². The molecule has 0 aliphatic rings. The third-order valence-electron chi connectivity index (χ3n) is 3.01. The van der Waals surface area contributed by atoms with E-state index in [1.165, 1.54) is 0 Å². The zero-order valence-electron chi connectivity index (χ0n) is 11.2. The highest BCUT2D eigenvalue weighted by molar-refractivity contribution is 5.28. The molecule has 0 saturated carbocycles. The predicted molar refractivity (Wildman–Crippen MR) is 71.9 cm³/mol. The molecule has 1 heterocycles. The minimum absolute atomic E-state index is 0.130. The van der Waals surface area contributed by atoms with Crippen molar-refractivity contribution >= 4 is 0 Å². The molecule has 108 valence electrons. The van der Waals surface area contributed by atoms with Crippen LogP contribution in [0, 0.1) is 0 Å². The number of alkyl halides is 2. The molecule has 1 unspecified atom stereocenters. The molecule has 0 radical (unpaired) electrons. The standard InChI is InChI=1S/C15H17F2NO2/c1-11(18-9-8-13-3-2-10-19-13)12-4-6-14(7-5-12)20-15(16)17/h2-7,10-11,15,18H,8-9H2,1H3. The number of ether oxygens (including phenoxy) is 1. The Morgan fingerprint density at radius 2 is 1.95 bits per heavy atom. The zero-order valence-corrected chi connectivity index (χ0v) is 11.2. The average molecular weight is 281 g/mol. The van der Waals surface area contributed by atoms with E-state index in [2.05, 4.69) is 10.1 Å². The molecule has 1 atom stereocenters. The highest BCUT2D eigenvalue weighted by Gasteiger charge is 2.07. The Labute approximate surface area is 116 Å². The van der Waals surface area contributed by atoms with Gasteiger partial charge in [-0.1, -0.05) is 12.1 Å². The van der Waals surface area contributed by atoms with Crippen LogP contribution in [0.2, 0.25) is 0 Å². The number of furan rings is 1. The third kappa shape index (κ3) is 4.35. The Morgan fingerprint density at radius 3 is 2.55 bits per heavy atom. The molecule has 0 fully saturated rings. The van der Waals surface area contributed by atoms with Gasteiger partial charge in [-0.15, -0.1) is 0 Å². The summed E-state index contributed by atoms with van der Waals surface area (Å²) < 4.78 is 33.6. The van der Waals surface area contributed by atoms with Crippen LogP contribution in [0.3, 0.4) is 0 Å². The van der Waals surface area contributed by atoms with Gasteiger partial charge >= 0.3 is 6.61 Å². The maximum atomic E-state index is 12.0. The van der Waals surface area contributed by atoms with Gasteiger partial charge < -0.3 is 14.5 Å². The summed E-state index contributed by atoms with van der Waals surface area (Å²) in [6, 6.07) is 10.6. The molecule has 0 aliphatic carbocycles. The van der Waals surface area contributed by atoms with Gasteiger partial charge in [-0.05, 0) is 36.8 Å². The lowest BCUT2D eigenvalue weighted by molar-refractivity contribution is -0.0498. The highest BCUT2D eigenvalue weighted by atomic mass is 19.3. The van der Waals surface area contributed by atoms with E-state index in [1.807, 2.05) is 19.1 Å². The fourth-order valence-corrected chi connectivity index (χ4v) is 1.92. The first kappa shape index (κ1) is 14.5. The molecule has 20 heavy (non-hydrogen) atoms. The van der Waals surface area contributed by atoms with Gasteiger partial charge in [-0.25, -0.2) is 0 Å². The summed E-state index contributed by atoms with van der Waals surface area (Å²) in [6.45, 7) is 0.0134. The molecular formula is C15H17F2NO2. The minimum Gasteiger partial charge on any atom is -0.469 e. The molecule has 1 N–H and O–H groups in total. The van der Waals surface area contributed by atoms with Gasteiger partial charge in [-0.3, -0.25) is 0 Å². The molecule has 2 rings (SSSR count). The normalized spacial score (nSPS) is 12.6. The molecule has 2 aromatic rings. The van der Waals surface area contributed by atoms with Crippen LogP contribution in [-0.4, -0.2) is 13.2 Å². The van der Waals surface area contributed by atoms with Crippen LogP contribution in [0.15, 0.2) is 47.1 Å². The van der Waals surface area contributed by atoms with Crippen LogP contribution in [0.25, 0.3) is 0 Å². The molecule has 0 saturated heterocycles. The lowest BCUT2D eigenvalue weighted by Crippen LogP contribution is -2.21. The Kier molecular flexibility index (Phi) is 5.12. The number of hydrogen-bond acceptors (Lipinski definition) is 3. The largest absolute Gasteiger partial charge is 0.469 e. The van der Waals surface area contributed by atoms with E-state index in [0.717, 1.165) is 24.3 Å². The fourth-order valence-electron chi connectivity index (χ4n) is 1.92. The van der Waals surface area contributed by atoms with Gasteiger partial charge in [0.15, 0.2) is 0 Å². The van der Waals surface area contributed by atoms with E-state index in [1.54, 1.807) is 30.5 Å². The van der Waals surface area contributed by atoms with Crippen LogP contribution in [0.5, 0.6) is 5.75 Å². The maximum Gasteiger partial charge on any atom is 0.387 e. The molecule has 0 aliphatic heterocycles. The van der Waals surface area contributed by atoms with Crippen LogP contribution >= 0.6 is 0 Å². The first-order valence-electron chi connectivity index (χ1n) is 6.45. The van der Waals surface area contributed by atoms with Crippen molar-refractivity contribution in [3.8, 4) is 5.75 Å². The van der Waals surface area contributed by atoms with Gasteiger partial charge in [0.2, 0.25) is 0 Å². The maximum absolute atomic E-state index is 12.0. The van der Waals surface area contributed by atoms with E-state index in [4.69, 9.17) is 4.42 Å². The minimum atomic E-state index is -2.79. The lowest BCUT2D eigenvalue weighted by atomic mass is 10.1. The molecule has 3 nitrogen and oxygen atoms in total. The van der Waals surface area contributed by atoms with Gasteiger partial charge in [-0.2, -0.15) is 8.78 Å². The fraction of sp³-hybridized carbons (Fsp3) is 0.333. The third-order valence-corrected chi connectivity index (χ3v) is 3.01. The SMILES string of the molecule is CC(NCCc1ccco1)c1ccc(OC(F)F)cc1. The highest BCUT2D eigenvalue weighted by Crippen LogP contribution is 2.19. The van der Waals surface area contributed by atoms with Gasteiger partial charge in [0.1, 0.15) is 11.5 Å². The zero-order chi connectivity index (χ0) is 14.4. The van der Waals surface area contributed by atoms with Crippen LogP contribution in [0.4, 0.5) is 8.78 Å². The molecule has 1 aromatic heterocycles. The number of hydrogen-bond donors (Lipinski definition) is 1. The Hall–Kier alpha value is -1.88. The number of benzene rings is 1. The number of rotatable bonds is 7. The molecule has 0 spiro atoms. The van der Waals surface area contributed by atoms with E-state index in [0.29, 0.717) is 0 Å². The Bertz CT molecular complexity index is 497. The number of halogens is 2. The van der Waals surface area contributed by atoms with Crippen molar-refractivity contribution in [1.82, 2.24) is 5.32 Å². The molecule has 0 bridgehead atoms. The van der Waals surface area contributed by atoms with Crippen molar-refractivity contribution in [1.29, 1.82) is 0 Å². The average Bonchev–Trinajstić information content (AvgIpc) is 2.92. The van der Waals surface area contributed by atoms with Crippen molar-refractivity contribution in [3.05, 3.63) is 54.0 Å². The molecule has 1 aromatic carbocycles. The predicted octanol–water partition coefficient (Wildman–Crippen LogP) is 3.77. The first-order valence-corrected chi connectivity index (χ1v) is 6.45. The summed E-state index contributed by atoms with van der Waals surface area (Å²) in [6.07, 6.45) is 2.46. The smallest absolute Gasteiger partial charge is 0.387 e. The molecular weight excluding hydrogens is 264 g/mol. The van der Waals surface area contributed by atoms with Crippen molar-refractivity contribution in [2.75, 3.05) is 6.54 Å². The second-order valence-corrected chi connectivity index (χ2v) is 4.45. The van der Waals surface area contributed by atoms with Crippen LogP contribution < -0.4 is 10.1 Å². The van der Waals surface area contributed by atoms with Gasteiger partial charge in [0.05, 0.1) is 6.26 Å². The van der Waals surface area contributed by atoms with Crippen LogP contribution in [0.1, 0.15) is 24.3 Å². The second kappa shape index (κ2) is 7.05. The van der Waals surface area contributed by atoms with E-state index < -0.39 is 6.61 Å². The van der Waals surface area contributed by atoms with E-state index in [9.17, 15) is 8.78 Å². The topological polar surface area (TPSA) is 34.4 Å². The van der Waals surface area contributed by atoms with E-state index in [-0.39, 0.29) is 11.8 Å². The number of nitrogens with one attached hydrogen (secondary N) is 1. The lowest BCUT2D eigenvalue weighted by Gasteiger charge is -2.14. The van der Waals surface area contributed by atoms with Gasteiger partial charge in [0, 0.05) is 19.0 Å².